The van der Waals surface area contributed by atoms with E-state index in [9.17, 15) is 26.8 Å². The Morgan fingerprint density at radius 1 is 1.12 bits per heavy atom. The van der Waals surface area contributed by atoms with Crippen molar-refractivity contribution < 1.29 is 45.4 Å². The Morgan fingerprint density at radius 3 is 2.49 bits per heavy atom. The topological polar surface area (TPSA) is 144 Å². The van der Waals surface area contributed by atoms with Gasteiger partial charge in [-0.15, -0.1) is 0 Å². The standard InChI is InChI=1S/C29H30F3N3O7S/c1-3-41-27(37)11-12-34-26(36)18-42-29(32)16-22(15-23(30)28(29)31)21-7-4-19(5-8-21)10-13-35-43(38,39)25-14-20(17-33)6-9-24(25)40-2/h4-9,14-15,35H,3,10-13,16,18H2,1-2H3,(H,34,36). The van der Waals surface area contributed by atoms with Crippen LogP contribution in [0, 0.1) is 11.3 Å². The van der Waals surface area contributed by atoms with Gasteiger partial charge in [0.05, 0.1) is 31.8 Å². The smallest absolute Gasteiger partial charge is 0.307 e. The Kier molecular flexibility index (Phi) is 11.5. The molecule has 0 bridgehead atoms. The number of ether oxygens (including phenoxy) is 3. The Bertz CT molecular complexity index is 1550. The van der Waals surface area contributed by atoms with Crippen LogP contribution in [0.25, 0.3) is 5.57 Å². The molecule has 1 unspecified atom stereocenters. The van der Waals surface area contributed by atoms with E-state index in [2.05, 4.69) is 10.0 Å². The van der Waals surface area contributed by atoms with Crippen molar-refractivity contribution in [3.8, 4) is 11.8 Å². The van der Waals surface area contributed by atoms with Crippen molar-refractivity contribution >= 4 is 27.5 Å². The lowest BCUT2D eigenvalue weighted by Crippen LogP contribution is -2.37. The molecule has 1 amide bonds. The zero-order chi connectivity index (χ0) is 31.6. The predicted molar refractivity (Wildman–Crippen MR) is 149 cm³/mol. The highest BCUT2D eigenvalue weighted by Crippen LogP contribution is 2.42. The van der Waals surface area contributed by atoms with Crippen LogP contribution in [0.1, 0.15) is 36.5 Å². The van der Waals surface area contributed by atoms with E-state index in [1.165, 1.54) is 37.4 Å². The second kappa shape index (κ2) is 14.8. The number of alkyl halides is 1. The number of nitrogens with one attached hydrogen (secondary N) is 2. The fraction of sp³-hybridized carbons (Fsp3) is 0.345. The van der Waals surface area contributed by atoms with Crippen LogP contribution in [0.15, 0.2) is 65.1 Å². The van der Waals surface area contributed by atoms with Gasteiger partial charge in [-0.2, -0.15) is 5.26 Å². The normalized spacial score (nSPS) is 16.7. The Hall–Kier alpha value is -4.19. The van der Waals surface area contributed by atoms with Gasteiger partial charge in [0, 0.05) is 19.5 Å². The molecule has 1 aliphatic rings. The number of nitriles is 1. The number of sulfonamides is 1. The molecule has 43 heavy (non-hydrogen) atoms. The summed E-state index contributed by atoms with van der Waals surface area (Å²) in [6.45, 7) is 0.771. The molecule has 0 aliphatic heterocycles. The lowest BCUT2D eigenvalue weighted by atomic mass is 9.92. The quantitative estimate of drug-likeness (QED) is 0.304. The number of amides is 1. The molecule has 2 N–H and O–H groups in total. The number of esters is 1. The average Bonchev–Trinajstić information content (AvgIpc) is 2.98. The van der Waals surface area contributed by atoms with E-state index in [0.717, 1.165) is 6.08 Å². The van der Waals surface area contributed by atoms with Gasteiger partial charge < -0.3 is 19.5 Å². The number of methoxy groups -OCH3 is 1. The second-order valence-electron chi connectivity index (χ2n) is 9.25. The fourth-order valence-corrected chi connectivity index (χ4v) is 5.31. The maximum absolute atomic E-state index is 15.4. The van der Waals surface area contributed by atoms with Gasteiger partial charge >= 0.3 is 5.97 Å². The second-order valence-corrected chi connectivity index (χ2v) is 11.0. The van der Waals surface area contributed by atoms with Crippen LogP contribution in [-0.4, -0.2) is 59.6 Å². The molecule has 0 fully saturated rings. The number of rotatable bonds is 14. The fourth-order valence-electron chi connectivity index (χ4n) is 4.09. The van der Waals surface area contributed by atoms with Gasteiger partial charge in [0.25, 0.3) is 5.85 Å². The molecule has 2 aromatic rings. The SMILES string of the molecule is CCOC(=O)CCNC(=O)COC1(F)CC(c2ccc(CCNS(=O)(=O)c3cc(C#N)ccc3OC)cc2)=CC(F)=C1F. The van der Waals surface area contributed by atoms with Crippen molar-refractivity contribution in [2.75, 3.05) is 33.4 Å². The summed E-state index contributed by atoms with van der Waals surface area (Å²) < 4.78 is 86.8. The van der Waals surface area contributed by atoms with Crippen molar-refractivity contribution in [3.05, 3.63) is 76.9 Å². The van der Waals surface area contributed by atoms with E-state index in [0.29, 0.717) is 11.1 Å². The Labute approximate surface area is 247 Å². The minimum atomic E-state index is -4.00. The van der Waals surface area contributed by atoms with E-state index in [1.807, 2.05) is 6.07 Å². The molecule has 0 heterocycles. The highest BCUT2D eigenvalue weighted by atomic mass is 32.2. The molecular formula is C29H30F3N3O7S. The molecular weight excluding hydrogens is 591 g/mol. The van der Waals surface area contributed by atoms with Crippen LogP contribution >= 0.6 is 0 Å². The maximum Gasteiger partial charge on any atom is 0.307 e. The van der Waals surface area contributed by atoms with Crippen LogP contribution < -0.4 is 14.8 Å². The molecule has 1 aliphatic carbocycles. The number of carbonyl (C=O) groups excluding carboxylic acids is 2. The summed E-state index contributed by atoms with van der Waals surface area (Å²) >= 11 is 0. The average molecular weight is 622 g/mol. The number of benzene rings is 2. The number of hydrogen-bond acceptors (Lipinski definition) is 8. The van der Waals surface area contributed by atoms with E-state index < -0.39 is 52.4 Å². The minimum Gasteiger partial charge on any atom is -0.495 e. The van der Waals surface area contributed by atoms with Crippen molar-refractivity contribution in [1.82, 2.24) is 10.0 Å². The molecule has 2 aromatic carbocycles. The van der Waals surface area contributed by atoms with E-state index in [1.54, 1.807) is 19.1 Å². The summed E-state index contributed by atoms with van der Waals surface area (Å²) in [5.74, 6) is -7.80. The molecule has 0 aromatic heterocycles. The van der Waals surface area contributed by atoms with Gasteiger partial charge in [-0.25, -0.2) is 26.3 Å². The third-order valence-corrected chi connectivity index (χ3v) is 7.74. The van der Waals surface area contributed by atoms with Crippen LogP contribution in [0.2, 0.25) is 0 Å². The molecule has 0 radical (unpaired) electrons. The molecule has 0 saturated carbocycles. The first-order valence-corrected chi connectivity index (χ1v) is 14.6. The molecule has 14 heteroatoms. The molecule has 10 nitrogen and oxygen atoms in total. The van der Waals surface area contributed by atoms with E-state index in [4.69, 9.17) is 19.5 Å². The van der Waals surface area contributed by atoms with Crippen molar-refractivity contribution in [3.63, 3.8) is 0 Å². The zero-order valence-corrected chi connectivity index (χ0v) is 24.2. The third-order valence-electron chi connectivity index (χ3n) is 6.26. The van der Waals surface area contributed by atoms with Gasteiger partial charge in [-0.1, -0.05) is 24.3 Å². The predicted octanol–water partition coefficient (Wildman–Crippen LogP) is 3.78. The first kappa shape index (κ1) is 33.3. The number of halogens is 3. The van der Waals surface area contributed by atoms with Crippen LogP contribution in [0.4, 0.5) is 13.2 Å². The van der Waals surface area contributed by atoms with Crippen LogP contribution in [0.5, 0.6) is 5.75 Å². The van der Waals surface area contributed by atoms with Gasteiger partial charge in [0.15, 0.2) is 11.7 Å². The summed E-state index contributed by atoms with van der Waals surface area (Å²) in [4.78, 5) is 23.1. The Morgan fingerprint density at radius 2 is 1.84 bits per heavy atom. The van der Waals surface area contributed by atoms with Gasteiger partial charge in [-0.05, 0) is 54.3 Å². The minimum absolute atomic E-state index is 0.00380. The van der Waals surface area contributed by atoms with E-state index >= 15 is 4.39 Å². The van der Waals surface area contributed by atoms with E-state index in [-0.39, 0.29) is 54.3 Å². The summed E-state index contributed by atoms with van der Waals surface area (Å²) in [7, 11) is -2.69. The highest BCUT2D eigenvalue weighted by Gasteiger charge is 2.43. The van der Waals surface area contributed by atoms with Gasteiger partial charge in [-0.3, -0.25) is 9.59 Å². The van der Waals surface area contributed by atoms with Crippen molar-refractivity contribution in [2.24, 2.45) is 0 Å². The van der Waals surface area contributed by atoms with Crippen LogP contribution in [0.3, 0.4) is 0 Å². The van der Waals surface area contributed by atoms with Crippen LogP contribution in [-0.2, 0) is 35.5 Å². The van der Waals surface area contributed by atoms with Gasteiger partial charge in [0.1, 0.15) is 17.3 Å². The van der Waals surface area contributed by atoms with Crippen molar-refractivity contribution in [1.29, 1.82) is 5.26 Å². The van der Waals surface area contributed by atoms with Gasteiger partial charge in [0.2, 0.25) is 15.9 Å². The first-order valence-electron chi connectivity index (χ1n) is 13.1. The molecule has 1 atom stereocenters. The number of allylic oxidation sites excluding steroid dienone is 2. The molecule has 0 spiro atoms. The summed E-state index contributed by atoms with van der Waals surface area (Å²) in [5.41, 5.74) is 1.26. The largest absolute Gasteiger partial charge is 0.495 e. The number of carbonyl (C=O) groups is 2. The lowest BCUT2D eigenvalue weighted by Gasteiger charge is -2.28. The first-order chi connectivity index (χ1) is 20.4. The summed E-state index contributed by atoms with van der Waals surface area (Å²) in [6.07, 6.45) is 0.249. The Balaban J connectivity index is 1.59. The summed E-state index contributed by atoms with van der Waals surface area (Å²) in [5, 5.41) is 11.4. The highest BCUT2D eigenvalue weighted by molar-refractivity contribution is 7.89. The lowest BCUT2D eigenvalue weighted by molar-refractivity contribution is -0.151. The monoisotopic (exact) mass is 621 g/mol. The molecule has 0 saturated heterocycles. The van der Waals surface area contributed by atoms with Crippen molar-refractivity contribution in [2.45, 2.75) is 36.9 Å². The third kappa shape index (κ3) is 8.90. The number of nitrogens with zero attached hydrogens (tertiary/aromatic N) is 1. The number of hydrogen-bond donors (Lipinski definition) is 2. The molecule has 230 valence electrons. The maximum atomic E-state index is 15.4. The molecule has 3 rings (SSSR count). The zero-order valence-electron chi connectivity index (χ0n) is 23.4. The summed E-state index contributed by atoms with van der Waals surface area (Å²) in [6, 6.07) is 12.2.